The number of halogens is 1. The summed E-state index contributed by atoms with van der Waals surface area (Å²) in [6, 6.07) is 8.71. The first-order valence-electron chi connectivity index (χ1n) is 6.00. The smallest absolute Gasteiger partial charge is 0.318 e. The molecule has 100 valence electrons. The summed E-state index contributed by atoms with van der Waals surface area (Å²) >= 11 is 6.07. The van der Waals surface area contributed by atoms with E-state index in [1.54, 1.807) is 0 Å². The van der Waals surface area contributed by atoms with Gasteiger partial charge in [0.25, 0.3) is 0 Å². The minimum atomic E-state index is 0.0951. The third kappa shape index (κ3) is 3.35. The van der Waals surface area contributed by atoms with Gasteiger partial charge in [0.05, 0.1) is 13.3 Å². The predicted molar refractivity (Wildman–Crippen MR) is 76.8 cm³/mol. The lowest BCUT2D eigenvalue weighted by atomic mass is 10.1. The molecule has 4 nitrogen and oxygen atoms in total. The van der Waals surface area contributed by atoms with Crippen LogP contribution in [0.5, 0.6) is 6.01 Å². The molecule has 5 heteroatoms. The molecule has 1 aromatic heterocycles. The molecule has 0 bridgehead atoms. The first-order valence-corrected chi connectivity index (χ1v) is 6.37. The quantitative estimate of drug-likeness (QED) is 0.927. The van der Waals surface area contributed by atoms with Crippen molar-refractivity contribution >= 4 is 17.4 Å². The average Bonchev–Trinajstić information content (AvgIpc) is 2.42. The number of anilines is 1. The van der Waals surface area contributed by atoms with E-state index in [0.29, 0.717) is 16.9 Å². The zero-order chi connectivity index (χ0) is 13.8. The lowest BCUT2D eigenvalue weighted by Crippen LogP contribution is -2.09. The lowest BCUT2D eigenvalue weighted by molar-refractivity contribution is 0.380. The van der Waals surface area contributed by atoms with E-state index < -0.39 is 0 Å². The van der Waals surface area contributed by atoms with Crippen LogP contribution >= 0.6 is 11.6 Å². The number of methoxy groups -OCH3 is 1. The van der Waals surface area contributed by atoms with E-state index in [9.17, 15) is 0 Å². The first kappa shape index (κ1) is 13.6. The molecular weight excluding hydrogens is 262 g/mol. The SMILES string of the molecule is COc1ncc(Cl)c(NC(C)c2ccc(C)cc2)n1. The van der Waals surface area contributed by atoms with Crippen molar-refractivity contribution < 1.29 is 4.74 Å². The van der Waals surface area contributed by atoms with Crippen LogP contribution in [0.15, 0.2) is 30.5 Å². The van der Waals surface area contributed by atoms with Crippen molar-refractivity contribution in [1.29, 1.82) is 0 Å². The molecule has 1 aromatic carbocycles. The van der Waals surface area contributed by atoms with Gasteiger partial charge in [-0.3, -0.25) is 0 Å². The Bertz CT molecular complexity index is 557. The number of nitrogens with one attached hydrogen (secondary N) is 1. The third-order valence-corrected chi connectivity index (χ3v) is 3.11. The number of aryl methyl sites for hydroxylation is 1. The van der Waals surface area contributed by atoms with Gasteiger partial charge in [-0.2, -0.15) is 4.98 Å². The number of nitrogens with zero attached hydrogens (tertiary/aromatic N) is 2. The van der Waals surface area contributed by atoms with E-state index in [2.05, 4.69) is 53.4 Å². The maximum absolute atomic E-state index is 6.07. The Morgan fingerprint density at radius 3 is 2.58 bits per heavy atom. The Hall–Kier alpha value is -1.81. The topological polar surface area (TPSA) is 47.0 Å². The minimum Gasteiger partial charge on any atom is -0.467 e. The summed E-state index contributed by atoms with van der Waals surface area (Å²) in [5.41, 5.74) is 2.40. The van der Waals surface area contributed by atoms with Crippen molar-refractivity contribution in [2.24, 2.45) is 0 Å². The summed E-state index contributed by atoms with van der Waals surface area (Å²) in [7, 11) is 1.52. The Labute approximate surface area is 117 Å². The minimum absolute atomic E-state index is 0.0951. The summed E-state index contributed by atoms with van der Waals surface area (Å²) in [5, 5.41) is 3.73. The summed E-state index contributed by atoms with van der Waals surface area (Å²) in [4.78, 5) is 8.14. The Morgan fingerprint density at radius 2 is 1.95 bits per heavy atom. The van der Waals surface area contributed by atoms with Gasteiger partial charge in [0, 0.05) is 6.04 Å². The van der Waals surface area contributed by atoms with Gasteiger partial charge in [0.1, 0.15) is 5.02 Å². The Kier molecular flexibility index (Phi) is 4.22. The van der Waals surface area contributed by atoms with Crippen LogP contribution in [-0.4, -0.2) is 17.1 Å². The van der Waals surface area contributed by atoms with Gasteiger partial charge in [-0.1, -0.05) is 41.4 Å². The van der Waals surface area contributed by atoms with Crippen molar-refractivity contribution in [3.63, 3.8) is 0 Å². The van der Waals surface area contributed by atoms with E-state index >= 15 is 0 Å². The maximum Gasteiger partial charge on any atom is 0.318 e. The fourth-order valence-electron chi connectivity index (χ4n) is 1.69. The summed E-state index contributed by atoms with van der Waals surface area (Å²) in [6.07, 6.45) is 1.53. The van der Waals surface area contributed by atoms with Crippen molar-refractivity contribution in [1.82, 2.24) is 9.97 Å². The molecule has 0 amide bonds. The van der Waals surface area contributed by atoms with Crippen LogP contribution in [0.3, 0.4) is 0 Å². The number of ether oxygens (including phenoxy) is 1. The molecular formula is C14H16ClN3O. The van der Waals surface area contributed by atoms with E-state index in [4.69, 9.17) is 16.3 Å². The van der Waals surface area contributed by atoms with Crippen LogP contribution in [0.2, 0.25) is 5.02 Å². The highest BCUT2D eigenvalue weighted by Crippen LogP contribution is 2.25. The number of hydrogen-bond acceptors (Lipinski definition) is 4. The molecule has 19 heavy (non-hydrogen) atoms. The van der Waals surface area contributed by atoms with E-state index in [0.717, 1.165) is 0 Å². The monoisotopic (exact) mass is 277 g/mol. The molecule has 2 aromatic rings. The average molecular weight is 278 g/mol. The Balaban J connectivity index is 2.18. The molecule has 1 N–H and O–H groups in total. The van der Waals surface area contributed by atoms with Gasteiger partial charge in [0.2, 0.25) is 0 Å². The highest BCUT2D eigenvalue weighted by atomic mass is 35.5. The maximum atomic E-state index is 6.07. The number of rotatable bonds is 4. The largest absolute Gasteiger partial charge is 0.467 e. The fraction of sp³-hybridized carbons (Fsp3) is 0.286. The van der Waals surface area contributed by atoms with E-state index in [-0.39, 0.29) is 6.04 Å². The van der Waals surface area contributed by atoms with Crippen molar-refractivity contribution in [3.8, 4) is 6.01 Å². The molecule has 0 saturated heterocycles. The zero-order valence-corrected chi connectivity index (χ0v) is 11.9. The van der Waals surface area contributed by atoms with Crippen molar-refractivity contribution in [2.75, 3.05) is 12.4 Å². The zero-order valence-electron chi connectivity index (χ0n) is 11.1. The third-order valence-electron chi connectivity index (χ3n) is 2.84. The molecule has 0 aliphatic rings. The van der Waals surface area contributed by atoms with Crippen LogP contribution in [0, 0.1) is 6.92 Å². The van der Waals surface area contributed by atoms with Crippen LogP contribution in [0.4, 0.5) is 5.82 Å². The molecule has 0 spiro atoms. The van der Waals surface area contributed by atoms with Crippen LogP contribution in [-0.2, 0) is 0 Å². The molecule has 1 heterocycles. The van der Waals surface area contributed by atoms with E-state index in [1.807, 2.05) is 0 Å². The summed E-state index contributed by atoms with van der Waals surface area (Å²) in [5.74, 6) is 0.571. The van der Waals surface area contributed by atoms with Gasteiger partial charge >= 0.3 is 6.01 Å². The molecule has 0 saturated carbocycles. The van der Waals surface area contributed by atoms with Gasteiger partial charge in [0.15, 0.2) is 5.82 Å². The van der Waals surface area contributed by atoms with E-state index in [1.165, 1.54) is 24.4 Å². The van der Waals surface area contributed by atoms with Gasteiger partial charge in [-0.05, 0) is 19.4 Å². The summed E-state index contributed by atoms with van der Waals surface area (Å²) < 4.78 is 4.99. The molecule has 1 unspecified atom stereocenters. The van der Waals surface area contributed by atoms with Gasteiger partial charge < -0.3 is 10.1 Å². The standard InChI is InChI=1S/C14H16ClN3O/c1-9-4-6-11(7-5-9)10(2)17-13-12(15)8-16-14(18-13)19-3/h4-8,10H,1-3H3,(H,16,17,18). The van der Waals surface area contributed by atoms with Gasteiger partial charge in [-0.15, -0.1) is 0 Å². The van der Waals surface area contributed by atoms with Gasteiger partial charge in [-0.25, -0.2) is 4.98 Å². The molecule has 0 aliphatic heterocycles. The second kappa shape index (κ2) is 5.89. The normalized spacial score (nSPS) is 12.0. The fourth-order valence-corrected chi connectivity index (χ4v) is 1.84. The second-order valence-corrected chi connectivity index (χ2v) is 4.74. The molecule has 0 fully saturated rings. The number of hydrogen-bond donors (Lipinski definition) is 1. The molecule has 0 aliphatic carbocycles. The second-order valence-electron chi connectivity index (χ2n) is 4.33. The van der Waals surface area contributed by atoms with Crippen molar-refractivity contribution in [2.45, 2.75) is 19.9 Å². The van der Waals surface area contributed by atoms with Crippen LogP contribution in [0.1, 0.15) is 24.1 Å². The highest BCUT2D eigenvalue weighted by Gasteiger charge is 2.10. The van der Waals surface area contributed by atoms with Crippen LogP contribution in [0.25, 0.3) is 0 Å². The number of benzene rings is 1. The summed E-state index contributed by atoms with van der Waals surface area (Å²) in [6.45, 7) is 4.11. The lowest BCUT2D eigenvalue weighted by Gasteiger charge is -2.16. The Morgan fingerprint density at radius 1 is 1.26 bits per heavy atom. The molecule has 0 radical (unpaired) electrons. The number of aromatic nitrogens is 2. The highest BCUT2D eigenvalue weighted by molar-refractivity contribution is 6.32. The first-order chi connectivity index (χ1) is 9.10. The predicted octanol–water partition coefficient (Wildman–Crippen LogP) is 3.62. The molecule has 1 atom stereocenters. The molecule has 2 rings (SSSR count). The van der Waals surface area contributed by atoms with Crippen molar-refractivity contribution in [3.05, 3.63) is 46.6 Å². The van der Waals surface area contributed by atoms with Crippen LogP contribution < -0.4 is 10.1 Å².